The standard InChI is InChI=1S/C16H21BrN2O3/c17-11-7-15(19-12-1-2-13(19)10-21-9-12)16(18-8-11)22-14-3-5-20-6-4-14/h7-8,12-14H,1-6,9-10H2. The van der Waals surface area contributed by atoms with Crippen LogP contribution in [0, 0.1) is 0 Å². The van der Waals surface area contributed by atoms with Crippen LogP contribution < -0.4 is 9.64 Å². The topological polar surface area (TPSA) is 43.8 Å². The second-order valence-corrected chi connectivity index (χ2v) is 7.15. The fourth-order valence-corrected chi connectivity index (χ4v) is 3.98. The maximum absolute atomic E-state index is 6.22. The summed E-state index contributed by atoms with van der Waals surface area (Å²) in [6.45, 7) is 3.16. The molecular weight excluding hydrogens is 348 g/mol. The lowest BCUT2D eigenvalue weighted by atomic mass is 10.1. The average Bonchev–Trinajstić information content (AvgIpc) is 2.79. The van der Waals surface area contributed by atoms with E-state index in [4.69, 9.17) is 14.2 Å². The summed E-state index contributed by atoms with van der Waals surface area (Å²) in [5.41, 5.74) is 1.11. The monoisotopic (exact) mass is 368 g/mol. The van der Waals surface area contributed by atoms with Crippen LogP contribution >= 0.6 is 15.9 Å². The summed E-state index contributed by atoms with van der Waals surface area (Å²) < 4.78 is 18.3. The Balaban J connectivity index is 1.61. The van der Waals surface area contributed by atoms with Crippen LogP contribution in [0.2, 0.25) is 0 Å². The van der Waals surface area contributed by atoms with E-state index in [0.29, 0.717) is 12.1 Å². The third-order valence-corrected chi connectivity index (χ3v) is 5.20. The Morgan fingerprint density at radius 2 is 1.82 bits per heavy atom. The largest absolute Gasteiger partial charge is 0.473 e. The number of anilines is 1. The second kappa shape index (κ2) is 6.34. The highest BCUT2D eigenvalue weighted by atomic mass is 79.9. The summed E-state index contributed by atoms with van der Waals surface area (Å²) in [6, 6.07) is 3.04. The van der Waals surface area contributed by atoms with Crippen LogP contribution in [0.15, 0.2) is 16.7 Å². The molecule has 2 unspecified atom stereocenters. The zero-order valence-electron chi connectivity index (χ0n) is 12.5. The third kappa shape index (κ3) is 2.84. The molecule has 3 saturated heterocycles. The summed E-state index contributed by atoms with van der Waals surface area (Å²) in [5, 5.41) is 0. The maximum Gasteiger partial charge on any atom is 0.237 e. The van der Waals surface area contributed by atoms with Gasteiger partial charge >= 0.3 is 0 Å². The third-order valence-electron chi connectivity index (χ3n) is 4.76. The highest BCUT2D eigenvalue weighted by Gasteiger charge is 2.39. The van der Waals surface area contributed by atoms with E-state index in [0.717, 1.165) is 55.3 Å². The van der Waals surface area contributed by atoms with Crippen molar-refractivity contribution in [3.05, 3.63) is 16.7 Å². The molecule has 3 fully saturated rings. The number of hydrogen-bond donors (Lipinski definition) is 0. The van der Waals surface area contributed by atoms with Gasteiger partial charge in [0.15, 0.2) is 0 Å². The zero-order chi connectivity index (χ0) is 14.9. The molecule has 1 aromatic heterocycles. The summed E-state index contributed by atoms with van der Waals surface area (Å²) >= 11 is 3.55. The van der Waals surface area contributed by atoms with Gasteiger partial charge in [-0.3, -0.25) is 0 Å². The molecule has 3 aliphatic rings. The van der Waals surface area contributed by atoms with Crippen molar-refractivity contribution >= 4 is 21.6 Å². The van der Waals surface area contributed by atoms with E-state index >= 15 is 0 Å². The first-order valence-corrected chi connectivity index (χ1v) is 8.86. The van der Waals surface area contributed by atoms with E-state index in [1.165, 1.54) is 12.8 Å². The zero-order valence-corrected chi connectivity index (χ0v) is 14.1. The Morgan fingerprint density at radius 3 is 2.55 bits per heavy atom. The van der Waals surface area contributed by atoms with Gasteiger partial charge in [-0.1, -0.05) is 0 Å². The molecule has 3 aliphatic heterocycles. The summed E-state index contributed by atoms with van der Waals surface area (Å²) in [4.78, 5) is 7.02. The lowest BCUT2D eigenvalue weighted by molar-refractivity contribution is 0.0236. The van der Waals surface area contributed by atoms with Crippen LogP contribution in [0.5, 0.6) is 5.88 Å². The molecule has 6 heteroatoms. The number of pyridine rings is 1. The molecular formula is C16H21BrN2O3. The van der Waals surface area contributed by atoms with Crippen LogP contribution in [-0.2, 0) is 9.47 Å². The Bertz CT molecular complexity index is 520. The van der Waals surface area contributed by atoms with E-state index in [9.17, 15) is 0 Å². The summed E-state index contributed by atoms with van der Waals surface area (Å²) in [7, 11) is 0. The van der Waals surface area contributed by atoms with Gasteiger partial charge in [0.2, 0.25) is 5.88 Å². The average molecular weight is 369 g/mol. The van der Waals surface area contributed by atoms with Crippen molar-refractivity contribution in [1.29, 1.82) is 0 Å². The van der Waals surface area contributed by atoms with Crippen molar-refractivity contribution in [1.82, 2.24) is 4.98 Å². The molecule has 22 heavy (non-hydrogen) atoms. The van der Waals surface area contributed by atoms with Gasteiger partial charge in [-0.05, 0) is 34.8 Å². The first-order chi connectivity index (χ1) is 10.8. The van der Waals surface area contributed by atoms with Crippen molar-refractivity contribution in [2.24, 2.45) is 0 Å². The number of rotatable bonds is 3. The fraction of sp³-hybridized carbons (Fsp3) is 0.688. The number of hydrogen-bond acceptors (Lipinski definition) is 5. The molecule has 4 heterocycles. The molecule has 120 valence electrons. The number of ether oxygens (including phenoxy) is 3. The summed E-state index contributed by atoms with van der Waals surface area (Å²) in [6.07, 6.45) is 6.28. The molecule has 4 rings (SSSR count). The van der Waals surface area contributed by atoms with E-state index in [2.05, 4.69) is 31.9 Å². The van der Waals surface area contributed by atoms with E-state index in [1.54, 1.807) is 0 Å². The molecule has 0 radical (unpaired) electrons. The number of nitrogens with zero attached hydrogens (tertiary/aromatic N) is 2. The van der Waals surface area contributed by atoms with E-state index in [-0.39, 0.29) is 6.10 Å². The van der Waals surface area contributed by atoms with Gasteiger partial charge in [-0.25, -0.2) is 4.98 Å². The van der Waals surface area contributed by atoms with Gasteiger partial charge in [0.05, 0.1) is 38.5 Å². The molecule has 2 bridgehead atoms. The van der Waals surface area contributed by atoms with Crippen LogP contribution in [0.4, 0.5) is 5.69 Å². The lowest BCUT2D eigenvalue weighted by Crippen LogP contribution is -2.46. The van der Waals surface area contributed by atoms with Crippen molar-refractivity contribution in [2.75, 3.05) is 31.3 Å². The van der Waals surface area contributed by atoms with Gasteiger partial charge in [0.25, 0.3) is 0 Å². The number of aromatic nitrogens is 1. The lowest BCUT2D eigenvalue weighted by Gasteiger charge is -2.37. The number of fused-ring (bicyclic) bond motifs is 2. The van der Waals surface area contributed by atoms with Gasteiger partial charge < -0.3 is 19.1 Å². The van der Waals surface area contributed by atoms with Gasteiger partial charge in [0, 0.05) is 23.5 Å². The first kappa shape index (κ1) is 14.7. The van der Waals surface area contributed by atoms with Crippen LogP contribution in [0.3, 0.4) is 0 Å². The number of halogens is 1. The maximum atomic E-state index is 6.22. The Labute approximate surface area is 139 Å². The van der Waals surface area contributed by atoms with Crippen LogP contribution in [0.1, 0.15) is 25.7 Å². The van der Waals surface area contributed by atoms with Crippen molar-refractivity contribution in [2.45, 2.75) is 43.9 Å². The Kier molecular flexibility index (Phi) is 4.24. The minimum atomic E-state index is 0.208. The predicted molar refractivity (Wildman–Crippen MR) is 86.5 cm³/mol. The minimum absolute atomic E-state index is 0.208. The normalized spacial score (nSPS) is 28.9. The van der Waals surface area contributed by atoms with Crippen LogP contribution in [-0.4, -0.2) is 49.6 Å². The second-order valence-electron chi connectivity index (χ2n) is 6.24. The molecule has 5 nitrogen and oxygen atoms in total. The van der Waals surface area contributed by atoms with Gasteiger partial charge in [-0.2, -0.15) is 0 Å². The van der Waals surface area contributed by atoms with E-state index < -0.39 is 0 Å². The van der Waals surface area contributed by atoms with Crippen molar-refractivity contribution in [3.63, 3.8) is 0 Å². The molecule has 0 aromatic carbocycles. The fourth-order valence-electron chi connectivity index (χ4n) is 3.67. The Morgan fingerprint density at radius 1 is 1.09 bits per heavy atom. The molecule has 0 saturated carbocycles. The molecule has 0 N–H and O–H groups in total. The van der Waals surface area contributed by atoms with Crippen LogP contribution in [0.25, 0.3) is 0 Å². The molecule has 0 spiro atoms. The summed E-state index contributed by atoms with van der Waals surface area (Å²) in [5.74, 6) is 0.758. The highest BCUT2D eigenvalue weighted by Crippen LogP contribution is 2.40. The van der Waals surface area contributed by atoms with Gasteiger partial charge in [0.1, 0.15) is 11.8 Å². The highest BCUT2D eigenvalue weighted by molar-refractivity contribution is 9.10. The molecule has 0 amide bonds. The molecule has 0 aliphatic carbocycles. The predicted octanol–water partition coefficient (Wildman–Crippen LogP) is 2.77. The smallest absolute Gasteiger partial charge is 0.237 e. The number of morpholine rings is 1. The van der Waals surface area contributed by atoms with Gasteiger partial charge in [-0.15, -0.1) is 0 Å². The SMILES string of the molecule is Brc1cnc(OC2CCOCC2)c(N2C3CCC2COC3)c1. The van der Waals surface area contributed by atoms with Crippen molar-refractivity contribution < 1.29 is 14.2 Å². The quantitative estimate of drug-likeness (QED) is 0.820. The first-order valence-electron chi connectivity index (χ1n) is 8.07. The van der Waals surface area contributed by atoms with Crippen molar-refractivity contribution in [3.8, 4) is 5.88 Å². The minimum Gasteiger partial charge on any atom is -0.473 e. The molecule has 1 aromatic rings. The molecule has 2 atom stereocenters. The Hall–Kier alpha value is -0.850. The van der Waals surface area contributed by atoms with E-state index in [1.807, 2.05) is 6.20 Å².